The molecule has 0 radical (unpaired) electrons. The van der Waals surface area contributed by atoms with Crippen LogP contribution in [-0.4, -0.2) is 13.6 Å². The third-order valence-corrected chi connectivity index (χ3v) is 0.316. The normalized spacial score (nSPS) is 5.67. The van der Waals surface area contributed by atoms with Gasteiger partial charge in [-0.1, -0.05) is 6.92 Å². The van der Waals surface area contributed by atoms with Gasteiger partial charge in [0, 0.05) is 0 Å². The first kappa shape index (κ1) is 9.78. The summed E-state index contributed by atoms with van der Waals surface area (Å²) < 4.78 is 9.50. The Hall–Kier alpha value is 0.604. The Morgan fingerprint density at radius 1 is 1.67 bits per heavy atom. The molecule has 0 fully saturated rings. The minimum absolute atomic E-state index is 0.500. The molecule has 0 rings (SSSR count). The maximum absolute atomic E-state index is 9.50. The zero-order valence-electron chi connectivity index (χ0n) is 4.03. The zero-order chi connectivity index (χ0) is 5.41. The Morgan fingerprint density at radius 3 is 1.83 bits per heavy atom. The van der Waals surface area contributed by atoms with Crippen molar-refractivity contribution < 1.29 is 24.1 Å². The summed E-state index contributed by atoms with van der Waals surface area (Å²) in [5.41, 5.74) is 0. The molecule has 0 aromatic carbocycles. The van der Waals surface area contributed by atoms with Crippen molar-refractivity contribution in [2.75, 3.05) is 13.6 Å². The van der Waals surface area contributed by atoms with Crippen molar-refractivity contribution >= 4 is 0 Å². The van der Waals surface area contributed by atoms with Crippen LogP contribution in [-0.2, 0) is 21.0 Å². The van der Waals surface area contributed by atoms with Crippen molar-refractivity contribution in [1.82, 2.24) is 0 Å². The van der Waals surface area contributed by atoms with E-state index in [1.54, 1.807) is 7.05 Å². The van der Waals surface area contributed by atoms with E-state index in [1.165, 1.54) is 0 Å². The van der Waals surface area contributed by atoms with Gasteiger partial charge in [0.15, 0.2) is 0 Å². The van der Waals surface area contributed by atoms with Gasteiger partial charge in [-0.25, -0.2) is 0 Å². The van der Waals surface area contributed by atoms with Crippen LogP contribution in [0.15, 0.2) is 0 Å². The van der Waals surface area contributed by atoms with Gasteiger partial charge >= 0.3 is 24.1 Å². The van der Waals surface area contributed by atoms with Crippen LogP contribution in [0.25, 0.3) is 5.32 Å². The molecule has 0 aliphatic heterocycles. The summed E-state index contributed by atoms with van der Waals surface area (Å²) >= 11 is 0.500. The van der Waals surface area contributed by atoms with Gasteiger partial charge in [0.1, 0.15) is 0 Å². The van der Waals surface area contributed by atoms with Crippen LogP contribution < -0.4 is 0 Å². The van der Waals surface area contributed by atoms with E-state index in [2.05, 4.69) is 5.32 Å². The predicted octanol–water partition coefficient (Wildman–Crippen LogP) is 1.43. The monoisotopic (exact) mass is 125 g/mol. The first-order valence-corrected chi connectivity index (χ1v) is 2.25. The average molecular weight is 125 g/mol. The van der Waals surface area contributed by atoms with Gasteiger partial charge in [0.05, 0.1) is 0 Å². The van der Waals surface area contributed by atoms with E-state index < -0.39 is 0 Å². The fourth-order valence-electron chi connectivity index (χ4n) is 0. The van der Waals surface area contributed by atoms with Gasteiger partial charge < -0.3 is 5.32 Å². The van der Waals surface area contributed by atoms with E-state index in [-0.39, 0.29) is 0 Å². The van der Waals surface area contributed by atoms with Crippen LogP contribution in [0.1, 0.15) is 6.92 Å². The maximum atomic E-state index is 9.50. The van der Waals surface area contributed by atoms with E-state index in [0.29, 0.717) is 21.0 Å². The molecule has 0 aliphatic rings. The van der Waals surface area contributed by atoms with Crippen LogP contribution in [0, 0.1) is 0 Å². The minimum atomic E-state index is 0.500. The second-order valence-corrected chi connectivity index (χ2v) is 0.632. The number of halogens is 1. The SMILES string of the molecule is CC[N-]C.[F][Ti+]. The third-order valence-electron chi connectivity index (χ3n) is 0.316. The molecule has 0 spiro atoms. The molecular formula is C3H8FNTi. The van der Waals surface area contributed by atoms with Gasteiger partial charge in [-0.05, 0) is 0 Å². The van der Waals surface area contributed by atoms with Crippen molar-refractivity contribution in [2.24, 2.45) is 0 Å². The van der Waals surface area contributed by atoms with Gasteiger partial charge in [0.25, 0.3) is 0 Å². The molecule has 3 heteroatoms. The molecule has 0 N–H and O–H groups in total. The Bertz CT molecular complexity index is 12.8. The number of nitrogens with zero attached hydrogens (tertiary/aromatic N) is 1. The van der Waals surface area contributed by atoms with Crippen LogP contribution in [0.5, 0.6) is 0 Å². The first-order valence-electron chi connectivity index (χ1n) is 1.66. The number of rotatable bonds is 1. The Morgan fingerprint density at radius 2 is 1.83 bits per heavy atom. The quantitative estimate of drug-likeness (QED) is 0.470. The molecule has 6 heavy (non-hydrogen) atoms. The van der Waals surface area contributed by atoms with Crippen molar-refractivity contribution in [3.63, 3.8) is 0 Å². The summed E-state index contributed by atoms with van der Waals surface area (Å²) in [4.78, 5) is 0. The molecule has 0 heterocycles. The summed E-state index contributed by atoms with van der Waals surface area (Å²) in [6.45, 7) is 2.96. The molecule has 0 amide bonds. The van der Waals surface area contributed by atoms with Crippen molar-refractivity contribution in [3.8, 4) is 0 Å². The Labute approximate surface area is 50.4 Å². The zero-order valence-corrected chi connectivity index (χ0v) is 5.59. The summed E-state index contributed by atoms with van der Waals surface area (Å²) in [5, 5.41) is 3.74. The predicted molar refractivity (Wildman–Crippen MR) is 20.9 cm³/mol. The molecule has 0 saturated heterocycles. The molecule has 0 bridgehead atoms. The van der Waals surface area contributed by atoms with Crippen molar-refractivity contribution in [2.45, 2.75) is 6.92 Å². The molecule has 0 atom stereocenters. The molecule has 0 aromatic heterocycles. The van der Waals surface area contributed by atoms with Gasteiger partial charge in [-0.15, -0.1) is 0 Å². The van der Waals surface area contributed by atoms with E-state index >= 15 is 0 Å². The van der Waals surface area contributed by atoms with Crippen LogP contribution in [0.2, 0.25) is 0 Å². The third kappa shape index (κ3) is 23.2. The second kappa shape index (κ2) is 17.5. The molecule has 0 aromatic rings. The topological polar surface area (TPSA) is 14.1 Å². The molecule has 0 saturated carbocycles. The fraction of sp³-hybridized carbons (Fsp3) is 1.00. The van der Waals surface area contributed by atoms with E-state index in [9.17, 15) is 3.09 Å². The van der Waals surface area contributed by atoms with E-state index in [4.69, 9.17) is 0 Å². The molecular weight excluding hydrogens is 117 g/mol. The second-order valence-electron chi connectivity index (χ2n) is 0.632. The fourth-order valence-corrected chi connectivity index (χ4v) is 0. The van der Waals surface area contributed by atoms with E-state index in [1.807, 2.05) is 6.92 Å². The van der Waals surface area contributed by atoms with E-state index in [0.717, 1.165) is 6.54 Å². The van der Waals surface area contributed by atoms with Crippen LogP contribution >= 0.6 is 0 Å². The standard InChI is InChI=1S/C3H8N.FH.Ti/c1-3-4-2;;/h3H2,1-2H3;1H;/q-1;;+2/p-1. The summed E-state index contributed by atoms with van der Waals surface area (Å²) in [5.74, 6) is 0. The van der Waals surface area contributed by atoms with Crippen LogP contribution in [0.4, 0.5) is 3.09 Å². The Balaban J connectivity index is 0. The molecule has 1 nitrogen and oxygen atoms in total. The number of hydrogen-bond donors (Lipinski definition) is 0. The summed E-state index contributed by atoms with van der Waals surface area (Å²) in [7, 11) is 1.81. The van der Waals surface area contributed by atoms with Crippen molar-refractivity contribution in [3.05, 3.63) is 5.32 Å². The first-order chi connectivity index (χ1) is 2.91. The van der Waals surface area contributed by atoms with Gasteiger partial charge in [-0.3, -0.25) is 0 Å². The van der Waals surface area contributed by atoms with Crippen molar-refractivity contribution in [1.29, 1.82) is 0 Å². The van der Waals surface area contributed by atoms with Crippen LogP contribution in [0.3, 0.4) is 0 Å². The summed E-state index contributed by atoms with van der Waals surface area (Å²) in [6, 6.07) is 0. The van der Waals surface area contributed by atoms with Gasteiger partial charge in [-0.2, -0.15) is 13.6 Å². The molecule has 36 valence electrons. The Kier molecular flexibility index (Phi) is 28.6. The average Bonchev–Trinajstić information content (AvgIpc) is 1.72. The molecule has 0 unspecified atom stereocenters. The van der Waals surface area contributed by atoms with Gasteiger partial charge in [0.2, 0.25) is 0 Å². The summed E-state index contributed by atoms with van der Waals surface area (Å²) in [6.07, 6.45) is 0. The molecule has 0 aliphatic carbocycles. The number of hydrogen-bond acceptors (Lipinski definition) is 0.